The zero-order valence-electron chi connectivity index (χ0n) is 15.4. The standard InChI is InChI=1S/C22H22N4O2/c23-22(24)26-25-14-19-13-20(27-15-17-7-3-1-4-8-17)11-12-21(19)28-16-18-9-5-2-6-10-18/h1-14H,15-16H2,(H4,23,24,26). The van der Waals surface area contributed by atoms with E-state index in [1.54, 1.807) is 0 Å². The maximum atomic E-state index is 5.94. The van der Waals surface area contributed by atoms with Crippen LogP contribution in [-0.2, 0) is 13.2 Å². The van der Waals surface area contributed by atoms with E-state index >= 15 is 0 Å². The predicted molar refractivity (Wildman–Crippen MR) is 111 cm³/mol. The fourth-order valence-corrected chi connectivity index (χ4v) is 2.48. The minimum atomic E-state index is -0.112. The summed E-state index contributed by atoms with van der Waals surface area (Å²) < 4.78 is 11.8. The molecule has 0 aromatic heterocycles. The van der Waals surface area contributed by atoms with Crippen LogP contribution in [0.2, 0.25) is 0 Å². The van der Waals surface area contributed by atoms with Gasteiger partial charge >= 0.3 is 0 Å². The van der Waals surface area contributed by atoms with E-state index in [2.05, 4.69) is 10.2 Å². The quantitative estimate of drug-likeness (QED) is 0.359. The van der Waals surface area contributed by atoms with Crippen molar-refractivity contribution < 1.29 is 9.47 Å². The summed E-state index contributed by atoms with van der Waals surface area (Å²) in [5, 5.41) is 7.54. The fourth-order valence-electron chi connectivity index (χ4n) is 2.48. The molecule has 6 nitrogen and oxygen atoms in total. The van der Waals surface area contributed by atoms with Gasteiger partial charge in [0.15, 0.2) is 0 Å². The molecular weight excluding hydrogens is 352 g/mol. The summed E-state index contributed by atoms with van der Waals surface area (Å²) in [7, 11) is 0. The van der Waals surface area contributed by atoms with Crippen molar-refractivity contribution in [2.75, 3.05) is 0 Å². The molecule has 142 valence electrons. The normalized spacial score (nSPS) is 10.6. The average molecular weight is 374 g/mol. The number of nitrogens with zero attached hydrogens (tertiary/aromatic N) is 2. The molecule has 0 aliphatic rings. The van der Waals surface area contributed by atoms with Crippen LogP contribution in [0.15, 0.2) is 89.1 Å². The van der Waals surface area contributed by atoms with E-state index in [4.69, 9.17) is 20.9 Å². The lowest BCUT2D eigenvalue weighted by atomic mass is 10.2. The first-order valence-electron chi connectivity index (χ1n) is 8.80. The Morgan fingerprint density at radius 2 is 1.39 bits per heavy atom. The molecule has 0 saturated heterocycles. The Morgan fingerprint density at radius 3 is 2.00 bits per heavy atom. The smallest absolute Gasteiger partial charge is 0.211 e. The van der Waals surface area contributed by atoms with Gasteiger partial charge in [0.1, 0.15) is 24.7 Å². The SMILES string of the molecule is NC(N)=NN=Cc1cc(OCc2ccccc2)ccc1OCc1ccccc1. The molecule has 6 heteroatoms. The number of hydrogen-bond acceptors (Lipinski definition) is 4. The number of hydrogen-bond donors (Lipinski definition) is 2. The van der Waals surface area contributed by atoms with E-state index in [0.29, 0.717) is 30.3 Å². The van der Waals surface area contributed by atoms with Gasteiger partial charge in [0.05, 0.1) is 6.21 Å². The molecule has 0 aliphatic heterocycles. The first kappa shape index (κ1) is 19.0. The maximum absolute atomic E-state index is 5.94. The van der Waals surface area contributed by atoms with Crippen molar-refractivity contribution in [3.63, 3.8) is 0 Å². The number of nitrogens with two attached hydrogens (primary N) is 2. The highest BCUT2D eigenvalue weighted by Crippen LogP contribution is 2.25. The van der Waals surface area contributed by atoms with Crippen molar-refractivity contribution in [3.05, 3.63) is 95.6 Å². The van der Waals surface area contributed by atoms with Crippen LogP contribution in [0.5, 0.6) is 11.5 Å². The number of benzene rings is 3. The van der Waals surface area contributed by atoms with Gasteiger partial charge in [-0.1, -0.05) is 60.7 Å². The lowest BCUT2D eigenvalue weighted by molar-refractivity contribution is 0.297. The summed E-state index contributed by atoms with van der Waals surface area (Å²) in [4.78, 5) is 0. The Bertz CT molecular complexity index is 937. The van der Waals surface area contributed by atoms with Gasteiger partial charge in [0.25, 0.3) is 0 Å². The van der Waals surface area contributed by atoms with E-state index in [1.807, 2.05) is 78.9 Å². The van der Waals surface area contributed by atoms with Crippen LogP contribution in [0, 0.1) is 0 Å². The Morgan fingerprint density at radius 1 is 0.786 bits per heavy atom. The highest BCUT2D eigenvalue weighted by molar-refractivity contribution is 5.85. The molecule has 0 spiro atoms. The molecule has 0 atom stereocenters. The van der Waals surface area contributed by atoms with Gasteiger partial charge in [0, 0.05) is 5.56 Å². The minimum absolute atomic E-state index is 0.112. The highest BCUT2D eigenvalue weighted by Gasteiger charge is 2.06. The third kappa shape index (κ3) is 5.88. The predicted octanol–water partition coefficient (Wildman–Crippen LogP) is 3.45. The second kappa shape index (κ2) is 9.78. The summed E-state index contributed by atoms with van der Waals surface area (Å²) in [6.45, 7) is 0.906. The first-order chi connectivity index (χ1) is 13.7. The van der Waals surface area contributed by atoms with E-state index in [0.717, 1.165) is 11.1 Å². The van der Waals surface area contributed by atoms with Crippen molar-refractivity contribution in [1.29, 1.82) is 0 Å². The molecule has 3 aromatic rings. The first-order valence-corrected chi connectivity index (χ1v) is 8.80. The van der Waals surface area contributed by atoms with Crippen molar-refractivity contribution in [3.8, 4) is 11.5 Å². The van der Waals surface area contributed by atoms with Gasteiger partial charge < -0.3 is 20.9 Å². The Labute approximate surface area is 164 Å². The number of ether oxygens (including phenoxy) is 2. The summed E-state index contributed by atoms with van der Waals surface area (Å²) >= 11 is 0. The lowest BCUT2D eigenvalue weighted by Gasteiger charge is -2.12. The molecule has 3 aromatic carbocycles. The van der Waals surface area contributed by atoms with Crippen LogP contribution in [0.1, 0.15) is 16.7 Å². The van der Waals surface area contributed by atoms with E-state index < -0.39 is 0 Å². The van der Waals surface area contributed by atoms with Crippen LogP contribution in [0.3, 0.4) is 0 Å². The number of rotatable bonds is 8. The van der Waals surface area contributed by atoms with Crippen LogP contribution in [0.25, 0.3) is 0 Å². The van der Waals surface area contributed by atoms with Crippen molar-refractivity contribution in [1.82, 2.24) is 0 Å². The molecule has 0 fully saturated rings. The van der Waals surface area contributed by atoms with Crippen molar-refractivity contribution in [2.24, 2.45) is 21.7 Å². The molecule has 3 rings (SSSR count). The summed E-state index contributed by atoms with van der Waals surface area (Å²) in [6.07, 6.45) is 1.54. The maximum Gasteiger partial charge on any atom is 0.211 e. The minimum Gasteiger partial charge on any atom is -0.489 e. The van der Waals surface area contributed by atoms with E-state index in [9.17, 15) is 0 Å². The van der Waals surface area contributed by atoms with Crippen LogP contribution in [0.4, 0.5) is 0 Å². The monoisotopic (exact) mass is 374 g/mol. The average Bonchev–Trinajstić information content (AvgIpc) is 2.73. The Balaban J connectivity index is 1.75. The molecular formula is C22H22N4O2. The molecule has 0 amide bonds. The van der Waals surface area contributed by atoms with Gasteiger partial charge in [-0.15, -0.1) is 5.10 Å². The zero-order chi connectivity index (χ0) is 19.6. The van der Waals surface area contributed by atoms with Crippen LogP contribution in [-0.4, -0.2) is 12.2 Å². The molecule has 0 heterocycles. The lowest BCUT2D eigenvalue weighted by Crippen LogP contribution is -2.21. The fraction of sp³-hybridized carbons (Fsp3) is 0.0909. The van der Waals surface area contributed by atoms with Gasteiger partial charge in [-0.3, -0.25) is 0 Å². The molecule has 0 aliphatic carbocycles. The number of guanidine groups is 1. The summed E-state index contributed by atoms with van der Waals surface area (Å²) in [5.74, 6) is 1.24. The van der Waals surface area contributed by atoms with E-state index in [-0.39, 0.29) is 5.96 Å². The van der Waals surface area contributed by atoms with Crippen LogP contribution >= 0.6 is 0 Å². The van der Waals surface area contributed by atoms with Crippen molar-refractivity contribution >= 4 is 12.2 Å². The molecule has 0 saturated carbocycles. The third-order valence-electron chi connectivity index (χ3n) is 3.84. The largest absolute Gasteiger partial charge is 0.489 e. The molecule has 0 radical (unpaired) electrons. The van der Waals surface area contributed by atoms with E-state index in [1.165, 1.54) is 6.21 Å². The second-order valence-electron chi connectivity index (χ2n) is 6.02. The summed E-state index contributed by atoms with van der Waals surface area (Å²) in [5.41, 5.74) is 13.5. The van der Waals surface area contributed by atoms with Gasteiger partial charge in [-0.2, -0.15) is 5.10 Å². The van der Waals surface area contributed by atoms with Crippen LogP contribution < -0.4 is 20.9 Å². The zero-order valence-corrected chi connectivity index (χ0v) is 15.4. The molecule has 0 bridgehead atoms. The molecule has 28 heavy (non-hydrogen) atoms. The highest BCUT2D eigenvalue weighted by atomic mass is 16.5. The van der Waals surface area contributed by atoms with Gasteiger partial charge in [-0.05, 0) is 29.3 Å². The molecule has 4 N–H and O–H groups in total. The molecule has 0 unspecified atom stereocenters. The Hall–Kier alpha value is -3.80. The summed E-state index contributed by atoms with van der Waals surface area (Å²) in [6, 6.07) is 25.4. The topological polar surface area (TPSA) is 95.2 Å². The van der Waals surface area contributed by atoms with Crippen molar-refractivity contribution in [2.45, 2.75) is 13.2 Å². The second-order valence-corrected chi connectivity index (χ2v) is 6.02. The van der Waals surface area contributed by atoms with Gasteiger partial charge in [-0.25, -0.2) is 0 Å². The third-order valence-corrected chi connectivity index (χ3v) is 3.84. The van der Waals surface area contributed by atoms with Gasteiger partial charge in [0.2, 0.25) is 5.96 Å². The Kier molecular flexibility index (Phi) is 6.62.